The zero-order valence-corrected chi connectivity index (χ0v) is 21.5. The minimum absolute atomic E-state index is 0.0138. The molecule has 35 heavy (non-hydrogen) atoms. The molecule has 2 aliphatic rings. The molecule has 0 spiro atoms. The van der Waals surface area contributed by atoms with Gasteiger partial charge in [-0.15, -0.1) is 0 Å². The van der Waals surface area contributed by atoms with Gasteiger partial charge in [0, 0.05) is 50.7 Å². The van der Waals surface area contributed by atoms with E-state index in [2.05, 4.69) is 58.4 Å². The summed E-state index contributed by atoms with van der Waals surface area (Å²) in [4.78, 5) is 17.5. The number of rotatable bonds is 7. The Morgan fingerprint density at radius 2 is 1.86 bits per heavy atom. The van der Waals surface area contributed by atoms with Crippen molar-refractivity contribution in [3.63, 3.8) is 0 Å². The van der Waals surface area contributed by atoms with Crippen molar-refractivity contribution >= 4 is 39.4 Å². The van der Waals surface area contributed by atoms with Gasteiger partial charge < -0.3 is 10.2 Å². The maximum absolute atomic E-state index is 12.5. The molecule has 1 amide bonds. The Hall–Kier alpha value is -2.70. The van der Waals surface area contributed by atoms with Crippen molar-refractivity contribution < 1.29 is 4.79 Å². The smallest absolute Gasteiger partial charge is 0.244 e. The number of fused-ring (bicyclic) bond motifs is 1. The van der Waals surface area contributed by atoms with Gasteiger partial charge in [-0.25, -0.2) is 0 Å². The summed E-state index contributed by atoms with van der Waals surface area (Å²) in [6, 6.07) is 16.8. The van der Waals surface area contributed by atoms with Gasteiger partial charge in [0.05, 0.1) is 4.70 Å². The molecular formula is C29H36N4OS. The van der Waals surface area contributed by atoms with E-state index in [1.807, 2.05) is 18.2 Å². The van der Waals surface area contributed by atoms with Crippen molar-refractivity contribution in [2.75, 3.05) is 44.2 Å². The van der Waals surface area contributed by atoms with Gasteiger partial charge in [0.25, 0.3) is 0 Å². The van der Waals surface area contributed by atoms with Crippen LogP contribution in [0.1, 0.15) is 36.8 Å². The highest BCUT2D eigenvalue weighted by atomic mass is 32.1. The number of hydrogen-bond acceptors (Lipinski definition) is 5. The molecule has 1 aromatic heterocycles. The normalized spacial score (nSPS) is 21.6. The number of amides is 1. The lowest BCUT2D eigenvalue weighted by Gasteiger charge is -2.40. The molecule has 1 saturated carbocycles. The maximum atomic E-state index is 12.5. The number of aryl methyl sites for hydroxylation is 1. The third-order valence-corrected chi connectivity index (χ3v) is 8.41. The van der Waals surface area contributed by atoms with E-state index in [1.165, 1.54) is 41.3 Å². The van der Waals surface area contributed by atoms with Crippen LogP contribution in [0, 0.1) is 18.8 Å². The van der Waals surface area contributed by atoms with E-state index in [-0.39, 0.29) is 5.91 Å². The molecule has 2 heterocycles. The van der Waals surface area contributed by atoms with Crippen LogP contribution in [0.25, 0.3) is 16.2 Å². The molecule has 0 bridgehead atoms. The van der Waals surface area contributed by atoms with E-state index in [0.717, 1.165) is 50.6 Å². The molecule has 0 radical (unpaired) electrons. The third-order valence-electron chi connectivity index (χ3n) is 7.60. The predicted octanol–water partition coefficient (Wildman–Crippen LogP) is 5.36. The standard InChI is InChI=1S/C29H36N4OS/c1-22-7-6-8-23(19-22)13-14-28(34)30-20-24-9-2-3-10-25(24)21-32-15-17-33(18-16-32)29-26-11-4-5-12-27(26)35-31-29/h4-8,11-14,19,24-25H,2-3,9-10,15-18,20-21H2,1H3,(H,30,34)/t24-,25+/m1/s1. The molecule has 1 aliphatic heterocycles. The fourth-order valence-electron chi connectivity index (χ4n) is 5.60. The quantitative estimate of drug-likeness (QED) is 0.455. The van der Waals surface area contributed by atoms with Crippen molar-refractivity contribution in [2.45, 2.75) is 32.6 Å². The number of carbonyl (C=O) groups is 1. The Morgan fingerprint density at radius 1 is 1.06 bits per heavy atom. The molecule has 1 aliphatic carbocycles. The van der Waals surface area contributed by atoms with Crippen molar-refractivity contribution in [3.8, 4) is 0 Å². The van der Waals surface area contributed by atoms with Gasteiger partial charge in [-0.3, -0.25) is 9.69 Å². The first-order chi connectivity index (χ1) is 17.2. The third kappa shape index (κ3) is 6.11. The zero-order chi connectivity index (χ0) is 24.0. The van der Waals surface area contributed by atoms with Gasteiger partial charge in [0.15, 0.2) is 0 Å². The van der Waals surface area contributed by atoms with Crippen LogP contribution < -0.4 is 10.2 Å². The van der Waals surface area contributed by atoms with Crippen molar-refractivity contribution in [1.29, 1.82) is 0 Å². The Kier molecular flexibility index (Phi) is 7.79. The van der Waals surface area contributed by atoms with Crippen LogP contribution in [-0.2, 0) is 4.79 Å². The Balaban J connectivity index is 1.11. The maximum Gasteiger partial charge on any atom is 0.244 e. The highest BCUT2D eigenvalue weighted by Gasteiger charge is 2.29. The summed E-state index contributed by atoms with van der Waals surface area (Å²) < 4.78 is 6.02. The van der Waals surface area contributed by atoms with Crippen molar-refractivity contribution in [1.82, 2.24) is 14.6 Å². The van der Waals surface area contributed by atoms with Gasteiger partial charge in [-0.1, -0.05) is 54.8 Å². The molecule has 2 atom stereocenters. The fraction of sp³-hybridized carbons (Fsp3) is 0.448. The van der Waals surface area contributed by atoms with Gasteiger partial charge in [-0.05, 0) is 66.9 Å². The summed E-state index contributed by atoms with van der Waals surface area (Å²) in [6.45, 7) is 8.23. The van der Waals surface area contributed by atoms with E-state index < -0.39 is 0 Å². The lowest BCUT2D eigenvalue weighted by Crippen LogP contribution is -2.49. The molecule has 6 heteroatoms. The topological polar surface area (TPSA) is 48.5 Å². The average molecular weight is 489 g/mol. The first-order valence-corrected chi connectivity index (χ1v) is 13.8. The molecule has 5 rings (SSSR count). The van der Waals surface area contributed by atoms with Crippen LogP contribution in [0.5, 0.6) is 0 Å². The minimum Gasteiger partial charge on any atom is -0.353 e. The van der Waals surface area contributed by atoms with E-state index in [0.29, 0.717) is 11.8 Å². The van der Waals surface area contributed by atoms with Crippen LogP contribution in [0.3, 0.4) is 0 Å². The van der Waals surface area contributed by atoms with Crippen molar-refractivity contribution in [2.24, 2.45) is 11.8 Å². The first kappa shape index (κ1) is 24.0. The second-order valence-corrected chi connectivity index (χ2v) is 10.9. The van der Waals surface area contributed by atoms with Crippen LogP contribution in [-0.4, -0.2) is 54.4 Å². The van der Waals surface area contributed by atoms with Crippen LogP contribution in [0.15, 0.2) is 54.6 Å². The summed E-state index contributed by atoms with van der Waals surface area (Å²) in [6.07, 6.45) is 8.67. The second kappa shape index (κ2) is 11.4. The van der Waals surface area contributed by atoms with E-state index in [4.69, 9.17) is 4.37 Å². The summed E-state index contributed by atoms with van der Waals surface area (Å²) >= 11 is 1.60. The zero-order valence-electron chi connectivity index (χ0n) is 20.7. The predicted molar refractivity (Wildman–Crippen MR) is 147 cm³/mol. The number of benzene rings is 2. The van der Waals surface area contributed by atoms with E-state index >= 15 is 0 Å². The molecule has 0 unspecified atom stereocenters. The summed E-state index contributed by atoms with van der Waals surface area (Å²) in [5.41, 5.74) is 2.28. The lowest BCUT2D eigenvalue weighted by atomic mass is 9.78. The molecule has 1 N–H and O–H groups in total. The molecule has 2 aromatic carbocycles. The molecule has 2 fully saturated rings. The molecular weight excluding hydrogens is 452 g/mol. The average Bonchev–Trinajstić information content (AvgIpc) is 3.32. The highest BCUT2D eigenvalue weighted by molar-refractivity contribution is 7.13. The van der Waals surface area contributed by atoms with E-state index in [1.54, 1.807) is 17.6 Å². The largest absolute Gasteiger partial charge is 0.353 e. The van der Waals surface area contributed by atoms with Gasteiger partial charge in [0.1, 0.15) is 5.82 Å². The summed E-state index contributed by atoms with van der Waals surface area (Å²) in [5.74, 6) is 2.40. The van der Waals surface area contributed by atoms with Gasteiger partial charge >= 0.3 is 0 Å². The lowest BCUT2D eigenvalue weighted by molar-refractivity contribution is -0.116. The minimum atomic E-state index is 0.0138. The summed E-state index contributed by atoms with van der Waals surface area (Å²) in [5, 5.41) is 4.47. The fourth-order valence-corrected chi connectivity index (χ4v) is 6.40. The molecule has 184 valence electrons. The SMILES string of the molecule is Cc1cccc(C=CC(=O)NC[C@H]2CCCC[C@H]2CN2CCN(c3nsc4ccccc34)CC2)c1. The number of nitrogens with one attached hydrogen (secondary N) is 1. The van der Waals surface area contributed by atoms with Crippen LogP contribution in [0.4, 0.5) is 5.82 Å². The van der Waals surface area contributed by atoms with Gasteiger partial charge in [0.2, 0.25) is 5.91 Å². The monoisotopic (exact) mass is 488 g/mol. The number of piperazine rings is 1. The van der Waals surface area contributed by atoms with Gasteiger partial charge in [-0.2, -0.15) is 4.37 Å². The Labute approximate surface area is 213 Å². The Bertz CT molecular complexity index is 1160. The molecule has 1 saturated heterocycles. The second-order valence-electron chi connectivity index (χ2n) is 10.1. The molecule has 5 nitrogen and oxygen atoms in total. The summed E-state index contributed by atoms with van der Waals surface area (Å²) in [7, 11) is 0. The van der Waals surface area contributed by atoms with Crippen LogP contribution in [0.2, 0.25) is 0 Å². The van der Waals surface area contributed by atoms with Crippen LogP contribution >= 0.6 is 11.5 Å². The number of nitrogens with zero attached hydrogens (tertiary/aromatic N) is 3. The van der Waals surface area contributed by atoms with Crippen molar-refractivity contribution in [3.05, 3.63) is 65.7 Å². The molecule has 3 aromatic rings. The first-order valence-electron chi connectivity index (χ1n) is 13.0. The number of anilines is 1. The number of aromatic nitrogens is 1. The number of carbonyl (C=O) groups excluding carboxylic acids is 1. The van der Waals surface area contributed by atoms with E-state index in [9.17, 15) is 4.79 Å². The number of hydrogen-bond donors (Lipinski definition) is 1. The highest BCUT2D eigenvalue weighted by Crippen LogP contribution is 2.32. The Morgan fingerprint density at radius 3 is 2.69 bits per heavy atom.